The van der Waals surface area contributed by atoms with Crippen molar-refractivity contribution in [3.8, 4) is 0 Å². The average Bonchev–Trinajstić information content (AvgIpc) is 2.76. The van der Waals surface area contributed by atoms with Crippen LogP contribution in [-0.4, -0.2) is 36.8 Å². The molecule has 1 spiro atoms. The van der Waals surface area contributed by atoms with E-state index >= 15 is 0 Å². The minimum absolute atomic E-state index is 0.00106. The van der Waals surface area contributed by atoms with Crippen LogP contribution in [0, 0.1) is 5.41 Å². The van der Waals surface area contributed by atoms with Gasteiger partial charge in [-0.15, -0.1) is 0 Å². The second kappa shape index (κ2) is 4.34. The first-order chi connectivity index (χ1) is 7.16. The molecule has 2 heterocycles. The van der Waals surface area contributed by atoms with Crippen LogP contribution in [0.15, 0.2) is 0 Å². The summed E-state index contributed by atoms with van der Waals surface area (Å²) >= 11 is 1.85. The number of cyclic esters (lactones) is 1. The third-order valence-electron chi connectivity index (χ3n) is 3.57. The van der Waals surface area contributed by atoms with Crippen LogP contribution >= 0.6 is 11.8 Å². The lowest BCUT2D eigenvalue weighted by atomic mass is 9.78. The van der Waals surface area contributed by atoms with Gasteiger partial charge in [0.05, 0.1) is 12.5 Å². The van der Waals surface area contributed by atoms with Crippen LogP contribution in [0.4, 0.5) is 0 Å². The van der Waals surface area contributed by atoms with Gasteiger partial charge >= 0.3 is 5.97 Å². The van der Waals surface area contributed by atoms with Crippen molar-refractivity contribution in [1.29, 1.82) is 0 Å². The van der Waals surface area contributed by atoms with E-state index in [1.165, 1.54) is 0 Å². The number of carbonyl (C=O) groups excluding carboxylic acids is 1. The van der Waals surface area contributed by atoms with Gasteiger partial charge in [-0.05, 0) is 19.1 Å². The summed E-state index contributed by atoms with van der Waals surface area (Å²) < 4.78 is 10.9. The normalized spacial score (nSPS) is 37.2. The van der Waals surface area contributed by atoms with Crippen LogP contribution in [0.2, 0.25) is 0 Å². The molecule has 15 heavy (non-hydrogen) atoms. The topological polar surface area (TPSA) is 35.5 Å². The Morgan fingerprint density at radius 1 is 1.67 bits per heavy atom. The molecule has 4 heteroatoms. The lowest BCUT2D eigenvalue weighted by Crippen LogP contribution is -2.33. The van der Waals surface area contributed by atoms with Crippen molar-refractivity contribution in [2.24, 2.45) is 5.41 Å². The quantitative estimate of drug-likeness (QED) is 0.693. The number of carbonyl (C=O) groups is 1. The molecular weight excluding hydrogens is 212 g/mol. The minimum atomic E-state index is -0.0534. The highest BCUT2D eigenvalue weighted by Gasteiger charge is 2.50. The molecule has 0 aromatic carbocycles. The van der Waals surface area contributed by atoms with Crippen molar-refractivity contribution in [2.45, 2.75) is 37.5 Å². The Morgan fingerprint density at radius 3 is 3.07 bits per heavy atom. The molecule has 2 rings (SSSR count). The molecule has 3 atom stereocenters. The number of hydrogen-bond donors (Lipinski definition) is 0. The van der Waals surface area contributed by atoms with Gasteiger partial charge in [0, 0.05) is 17.3 Å². The molecule has 0 N–H and O–H groups in total. The molecule has 0 radical (unpaired) electrons. The fourth-order valence-corrected chi connectivity index (χ4v) is 2.81. The van der Waals surface area contributed by atoms with Crippen molar-refractivity contribution in [3.05, 3.63) is 0 Å². The lowest BCUT2D eigenvalue weighted by molar-refractivity contribution is -0.137. The molecule has 0 aromatic heterocycles. The zero-order chi connectivity index (χ0) is 10.9. The van der Waals surface area contributed by atoms with Gasteiger partial charge in [-0.3, -0.25) is 4.79 Å². The van der Waals surface area contributed by atoms with Crippen LogP contribution in [-0.2, 0) is 14.3 Å². The van der Waals surface area contributed by atoms with E-state index in [2.05, 4.69) is 13.2 Å². The van der Waals surface area contributed by atoms with E-state index in [4.69, 9.17) is 9.47 Å². The highest BCUT2D eigenvalue weighted by molar-refractivity contribution is 7.99. The highest BCUT2D eigenvalue weighted by Crippen LogP contribution is 2.45. The molecule has 3 nitrogen and oxygen atoms in total. The fourth-order valence-electron chi connectivity index (χ4n) is 2.44. The van der Waals surface area contributed by atoms with Crippen molar-refractivity contribution < 1.29 is 14.3 Å². The molecular formula is C11H18O3S. The van der Waals surface area contributed by atoms with Crippen molar-refractivity contribution in [3.63, 3.8) is 0 Å². The first kappa shape index (κ1) is 11.3. The second-order valence-corrected chi connectivity index (χ2v) is 5.87. The van der Waals surface area contributed by atoms with Gasteiger partial charge in [-0.2, -0.15) is 11.8 Å². The summed E-state index contributed by atoms with van der Waals surface area (Å²) in [5.74, 6) is -0.0534. The monoisotopic (exact) mass is 230 g/mol. The zero-order valence-electron chi connectivity index (χ0n) is 9.32. The summed E-state index contributed by atoms with van der Waals surface area (Å²) in [6.45, 7) is 3.55. The lowest BCUT2D eigenvalue weighted by Gasteiger charge is -2.28. The van der Waals surface area contributed by atoms with E-state index in [1.54, 1.807) is 0 Å². The molecule has 2 fully saturated rings. The molecule has 0 aromatic rings. The van der Waals surface area contributed by atoms with E-state index < -0.39 is 0 Å². The minimum Gasteiger partial charge on any atom is -0.465 e. The predicted octanol–water partition coefficient (Wildman–Crippen LogP) is 1.85. The molecule has 2 aliphatic rings. The third kappa shape index (κ3) is 2.16. The van der Waals surface area contributed by atoms with Gasteiger partial charge in [-0.25, -0.2) is 0 Å². The first-order valence-corrected chi connectivity index (χ1v) is 6.75. The zero-order valence-corrected chi connectivity index (χ0v) is 10.1. The van der Waals surface area contributed by atoms with E-state index in [1.807, 2.05) is 11.8 Å². The average molecular weight is 230 g/mol. The summed E-state index contributed by atoms with van der Waals surface area (Å²) in [6, 6.07) is 0. The molecule has 0 amide bonds. The molecule has 0 saturated carbocycles. The smallest absolute Gasteiger partial charge is 0.306 e. The van der Waals surface area contributed by atoms with Gasteiger partial charge in [0.15, 0.2) is 0 Å². The van der Waals surface area contributed by atoms with Crippen molar-refractivity contribution in [2.75, 3.05) is 19.5 Å². The van der Waals surface area contributed by atoms with Crippen LogP contribution in [0.25, 0.3) is 0 Å². The van der Waals surface area contributed by atoms with Crippen LogP contribution in [0.3, 0.4) is 0 Å². The molecule has 0 aliphatic carbocycles. The first-order valence-electron chi connectivity index (χ1n) is 5.46. The number of esters is 1. The van der Waals surface area contributed by atoms with Crippen LogP contribution < -0.4 is 0 Å². The van der Waals surface area contributed by atoms with Crippen molar-refractivity contribution >= 4 is 17.7 Å². The molecule has 2 aliphatic heterocycles. The number of ether oxygens (including phenoxy) is 2. The Balaban J connectivity index is 2.01. The van der Waals surface area contributed by atoms with E-state index in [0.29, 0.717) is 18.3 Å². The van der Waals surface area contributed by atoms with Crippen LogP contribution in [0.1, 0.15) is 26.2 Å². The van der Waals surface area contributed by atoms with Gasteiger partial charge in [0.1, 0.15) is 6.61 Å². The Kier molecular flexibility index (Phi) is 3.26. The predicted molar refractivity (Wildman–Crippen MR) is 60.0 cm³/mol. The summed E-state index contributed by atoms with van der Waals surface area (Å²) in [6.07, 6.45) is 4.88. The molecule has 86 valence electrons. The summed E-state index contributed by atoms with van der Waals surface area (Å²) in [4.78, 5) is 11.2. The largest absolute Gasteiger partial charge is 0.465 e. The standard InChI is InChI=1S/C11H18O3S/c1-8(15-2)5-9-11(3-4-13-9)6-10(12)14-7-11/h8-9H,3-7H2,1-2H3. The number of hydrogen-bond acceptors (Lipinski definition) is 4. The Hall–Kier alpha value is -0.220. The fraction of sp³-hybridized carbons (Fsp3) is 0.909. The van der Waals surface area contributed by atoms with Crippen molar-refractivity contribution in [1.82, 2.24) is 0 Å². The van der Waals surface area contributed by atoms with Gasteiger partial charge in [0.25, 0.3) is 0 Å². The van der Waals surface area contributed by atoms with Gasteiger partial charge in [-0.1, -0.05) is 6.92 Å². The maximum absolute atomic E-state index is 11.2. The van der Waals surface area contributed by atoms with E-state index in [-0.39, 0.29) is 17.5 Å². The third-order valence-corrected chi connectivity index (χ3v) is 4.56. The molecule has 3 unspecified atom stereocenters. The summed E-state index contributed by atoms with van der Waals surface area (Å²) in [7, 11) is 0. The van der Waals surface area contributed by atoms with E-state index in [9.17, 15) is 4.79 Å². The molecule has 0 bridgehead atoms. The van der Waals surface area contributed by atoms with Gasteiger partial charge in [0.2, 0.25) is 0 Å². The number of thioether (sulfide) groups is 1. The summed E-state index contributed by atoms with van der Waals surface area (Å²) in [5.41, 5.74) is 0.00106. The highest BCUT2D eigenvalue weighted by atomic mass is 32.2. The number of rotatable bonds is 3. The maximum Gasteiger partial charge on any atom is 0.306 e. The maximum atomic E-state index is 11.2. The molecule has 2 saturated heterocycles. The van der Waals surface area contributed by atoms with Crippen LogP contribution in [0.5, 0.6) is 0 Å². The SMILES string of the molecule is CSC(C)CC1OCCC12COC(=O)C2. The Bertz CT molecular complexity index is 256. The van der Waals surface area contributed by atoms with E-state index in [0.717, 1.165) is 19.4 Å². The Labute approximate surface area is 94.9 Å². The van der Waals surface area contributed by atoms with Gasteiger partial charge < -0.3 is 9.47 Å². The Morgan fingerprint density at radius 2 is 2.47 bits per heavy atom. The second-order valence-electron chi connectivity index (χ2n) is 4.59. The summed E-state index contributed by atoms with van der Waals surface area (Å²) in [5, 5.41) is 0.584.